The number of hydrogen-bond donors (Lipinski definition) is 1. The van der Waals surface area contributed by atoms with E-state index in [0.717, 1.165) is 25.7 Å². The Labute approximate surface area is 145 Å². The molecular weight excluding hydrogens is 324 g/mol. The molecule has 2 fully saturated rings. The monoisotopic (exact) mass is 344 g/mol. The number of hydrogen-bond acceptors (Lipinski definition) is 5. The van der Waals surface area contributed by atoms with Gasteiger partial charge in [0.2, 0.25) is 0 Å². The van der Waals surface area contributed by atoms with Crippen LogP contribution in [0.4, 0.5) is 4.79 Å². The minimum atomic E-state index is -0.681. The van der Waals surface area contributed by atoms with Gasteiger partial charge in [0.15, 0.2) is 11.5 Å². The summed E-state index contributed by atoms with van der Waals surface area (Å²) in [7, 11) is 3.03. The molecule has 0 bridgehead atoms. The lowest BCUT2D eigenvalue weighted by molar-refractivity contribution is -0.131. The summed E-state index contributed by atoms with van der Waals surface area (Å²) in [5.74, 6) is -0.189. The number of carbonyl (C=O) groups excluding carboxylic acids is 3. The summed E-state index contributed by atoms with van der Waals surface area (Å²) in [6.07, 6.45) is 4.97. The fourth-order valence-corrected chi connectivity index (χ4v) is 3.27. The number of amides is 4. The average Bonchev–Trinajstić information content (AvgIpc) is 3.12. The Bertz CT molecular complexity index is 750. The van der Waals surface area contributed by atoms with E-state index < -0.39 is 17.8 Å². The van der Waals surface area contributed by atoms with Crippen molar-refractivity contribution in [3.8, 4) is 11.5 Å². The molecule has 0 aromatic heterocycles. The Morgan fingerprint density at radius 2 is 1.76 bits per heavy atom. The molecule has 0 atom stereocenters. The Kier molecular flexibility index (Phi) is 4.74. The third-order valence-corrected chi connectivity index (χ3v) is 4.54. The second-order valence-corrected chi connectivity index (χ2v) is 6.05. The molecule has 1 aromatic rings. The lowest BCUT2D eigenvalue weighted by atomic mass is 10.0. The second kappa shape index (κ2) is 6.96. The highest BCUT2D eigenvalue weighted by atomic mass is 16.5. The van der Waals surface area contributed by atoms with Crippen molar-refractivity contribution in [2.45, 2.75) is 31.7 Å². The number of urea groups is 1. The lowest BCUT2D eigenvalue weighted by Gasteiger charge is -2.31. The number of imide groups is 2. The normalized spacial score (nSPS) is 20.2. The molecule has 0 unspecified atom stereocenters. The van der Waals surface area contributed by atoms with Gasteiger partial charge in [0.25, 0.3) is 11.8 Å². The summed E-state index contributed by atoms with van der Waals surface area (Å²) in [5.41, 5.74) is 0.551. The fourth-order valence-electron chi connectivity index (χ4n) is 3.27. The second-order valence-electron chi connectivity index (χ2n) is 6.05. The van der Waals surface area contributed by atoms with Crippen LogP contribution in [0.1, 0.15) is 31.2 Å². The van der Waals surface area contributed by atoms with Gasteiger partial charge in [-0.2, -0.15) is 0 Å². The van der Waals surface area contributed by atoms with E-state index in [9.17, 15) is 14.4 Å². The van der Waals surface area contributed by atoms with Crippen molar-refractivity contribution in [3.63, 3.8) is 0 Å². The lowest BCUT2D eigenvalue weighted by Crippen LogP contribution is -2.57. The minimum Gasteiger partial charge on any atom is -0.493 e. The van der Waals surface area contributed by atoms with E-state index in [1.54, 1.807) is 18.2 Å². The quantitative estimate of drug-likeness (QED) is 0.668. The third kappa shape index (κ3) is 3.22. The van der Waals surface area contributed by atoms with Gasteiger partial charge in [-0.15, -0.1) is 0 Å². The predicted octanol–water partition coefficient (Wildman–Crippen LogP) is 2.11. The number of barbiturate groups is 1. The van der Waals surface area contributed by atoms with E-state index in [2.05, 4.69) is 5.32 Å². The third-order valence-electron chi connectivity index (χ3n) is 4.54. The number of nitrogens with zero attached hydrogens (tertiary/aromatic N) is 1. The molecule has 132 valence electrons. The van der Waals surface area contributed by atoms with Crippen LogP contribution in [-0.4, -0.2) is 43.0 Å². The van der Waals surface area contributed by atoms with E-state index in [0.29, 0.717) is 17.1 Å². The van der Waals surface area contributed by atoms with Crippen LogP contribution >= 0.6 is 0 Å². The molecule has 1 aromatic carbocycles. The molecular formula is C18H20N2O5. The van der Waals surface area contributed by atoms with Crippen molar-refractivity contribution in [2.24, 2.45) is 0 Å². The number of benzene rings is 1. The Morgan fingerprint density at radius 1 is 1.08 bits per heavy atom. The number of methoxy groups -OCH3 is 2. The largest absolute Gasteiger partial charge is 0.493 e. The van der Waals surface area contributed by atoms with Crippen LogP contribution in [0.5, 0.6) is 11.5 Å². The van der Waals surface area contributed by atoms with E-state index >= 15 is 0 Å². The summed E-state index contributed by atoms with van der Waals surface area (Å²) < 4.78 is 10.4. The molecule has 1 heterocycles. The van der Waals surface area contributed by atoms with Crippen molar-refractivity contribution in [1.82, 2.24) is 10.2 Å². The zero-order valence-corrected chi connectivity index (χ0v) is 14.2. The molecule has 4 amide bonds. The van der Waals surface area contributed by atoms with Gasteiger partial charge in [-0.25, -0.2) is 4.79 Å². The van der Waals surface area contributed by atoms with E-state index in [1.807, 2.05) is 0 Å². The maximum Gasteiger partial charge on any atom is 0.331 e. The molecule has 0 radical (unpaired) electrons. The van der Waals surface area contributed by atoms with Gasteiger partial charge < -0.3 is 9.47 Å². The summed E-state index contributed by atoms with van der Waals surface area (Å²) >= 11 is 0. The predicted molar refractivity (Wildman–Crippen MR) is 90.2 cm³/mol. The highest BCUT2D eigenvalue weighted by Gasteiger charge is 2.40. The van der Waals surface area contributed by atoms with Gasteiger partial charge >= 0.3 is 6.03 Å². The maximum atomic E-state index is 12.7. The summed E-state index contributed by atoms with van der Waals surface area (Å²) in [6, 6.07) is 4.30. The Balaban J connectivity index is 1.94. The Hall–Kier alpha value is -2.83. The maximum absolute atomic E-state index is 12.7. The van der Waals surface area contributed by atoms with Crippen LogP contribution in [0, 0.1) is 0 Å². The zero-order chi connectivity index (χ0) is 18.0. The number of carbonyl (C=O) groups is 3. The number of rotatable bonds is 4. The molecule has 7 heteroatoms. The first kappa shape index (κ1) is 17.0. The van der Waals surface area contributed by atoms with Crippen molar-refractivity contribution in [3.05, 3.63) is 29.3 Å². The van der Waals surface area contributed by atoms with Crippen molar-refractivity contribution in [2.75, 3.05) is 14.2 Å². The van der Waals surface area contributed by atoms with E-state index in [1.165, 1.54) is 25.2 Å². The molecule has 1 aliphatic heterocycles. The van der Waals surface area contributed by atoms with Crippen LogP contribution in [0.15, 0.2) is 23.8 Å². The zero-order valence-electron chi connectivity index (χ0n) is 14.2. The summed E-state index contributed by atoms with van der Waals surface area (Å²) in [5, 5.41) is 2.26. The van der Waals surface area contributed by atoms with Crippen LogP contribution in [0.2, 0.25) is 0 Å². The van der Waals surface area contributed by atoms with Crippen LogP contribution < -0.4 is 14.8 Å². The fraction of sp³-hybridized carbons (Fsp3) is 0.389. The molecule has 1 saturated heterocycles. The molecule has 3 rings (SSSR count). The Morgan fingerprint density at radius 3 is 2.40 bits per heavy atom. The molecule has 25 heavy (non-hydrogen) atoms. The minimum absolute atomic E-state index is 0.0567. The molecule has 1 saturated carbocycles. The van der Waals surface area contributed by atoms with Gasteiger partial charge in [0.1, 0.15) is 5.57 Å². The summed E-state index contributed by atoms with van der Waals surface area (Å²) in [4.78, 5) is 38.2. The van der Waals surface area contributed by atoms with Gasteiger partial charge in [0.05, 0.1) is 14.2 Å². The van der Waals surface area contributed by atoms with Gasteiger partial charge in [-0.1, -0.05) is 18.9 Å². The first-order valence-electron chi connectivity index (χ1n) is 8.17. The topological polar surface area (TPSA) is 84.9 Å². The van der Waals surface area contributed by atoms with Crippen molar-refractivity contribution >= 4 is 23.9 Å². The first-order chi connectivity index (χ1) is 12.0. The number of ether oxygens (including phenoxy) is 2. The molecule has 7 nitrogen and oxygen atoms in total. The number of nitrogens with one attached hydrogen (secondary N) is 1. The average molecular weight is 344 g/mol. The van der Waals surface area contributed by atoms with E-state index in [4.69, 9.17) is 9.47 Å². The SMILES string of the molecule is COc1ccc(/C=C2/C(=O)NC(=O)N(C3CCCC3)C2=O)cc1OC. The van der Waals surface area contributed by atoms with E-state index in [-0.39, 0.29) is 11.6 Å². The van der Waals surface area contributed by atoms with Crippen LogP contribution in [0.3, 0.4) is 0 Å². The van der Waals surface area contributed by atoms with Crippen LogP contribution in [-0.2, 0) is 9.59 Å². The standard InChI is InChI=1S/C18H20N2O5/c1-24-14-8-7-11(10-15(14)25-2)9-13-16(21)19-18(23)20(17(13)22)12-5-3-4-6-12/h7-10,12H,3-6H2,1-2H3,(H,19,21,23)/b13-9-. The highest BCUT2D eigenvalue weighted by molar-refractivity contribution is 6.31. The molecule has 2 aliphatic rings. The van der Waals surface area contributed by atoms with Gasteiger partial charge in [-0.3, -0.25) is 19.8 Å². The van der Waals surface area contributed by atoms with Gasteiger partial charge in [-0.05, 0) is 36.6 Å². The molecule has 0 spiro atoms. The van der Waals surface area contributed by atoms with Crippen LogP contribution in [0.25, 0.3) is 6.08 Å². The van der Waals surface area contributed by atoms with Gasteiger partial charge in [0, 0.05) is 6.04 Å². The highest BCUT2D eigenvalue weighted by Crippen LogP contribution is 2.30. The molecule has 1 aliphatic carbocycles. The smallest absolute Gasteiger partial charge is 0.331 e. The molecule has 1 N–H and O–H groups in total. The summed E-state index contributed by atoms with van der Waals surface area (Å²) in [6.45, 7) is 0. The first-order valence-corrected chi connectivity index (χ1v) is 8.17. The van der Waals surface area contributed by atoms with Crippen molar-refractivity contribution in [1.29, 1.82) is 0 Å². The van der Waals surface area contributed by atoms with Crippen molar-refractivity contribution < 1.29 is 23.9 Å².